The first-order chi connectivity index (χ1) is 15.1. The van der Waals surface area contributed by atoms with Crippen LogP contribution in [0.4, 0.5) is 11.4 Å². The van der Waals surface area contributed by atoms with Gasteiger partial charge in [-0.15, -0.1) is 0 Å². The normalized spacial score (nSPS) is 17.9. The first-order valence-corrected chi connectivity index (χ1v) is 11.3. The van der Waals surface area contributed by atoms with Crippen molar-refractivity contribution in [2.24, 2.45) is 0 Å². The molecule has 2 aromatic carbocycles. The smallest absolute Gasteiger partial charge is 0.226 e. The minimum Gasteiger partial charge on any atom is -0.497 e. The maximum Gasteiger partial charge on any atom is 0.226 e. The monoisotopic (exact) mass is 423 g/mol. The summed E-state index contributed by atoms with van der Waals surface area (Å²) in [6.07, 6.45) is 1.94. The Morgan fingerprint density at radius 3 is 2.48 bits per heavy atom. The molecule has 0 saturated carbocycles. The summed E-state index contributed by atoms with van der Waals surface area (Å²) in [6, 6.07) is 14.3. The summed E-state index contributed by atoms with van der Waals surface area (Å²) in [5, 5.41) is 10.9. The molecule has 2 aromatic rings. The van der Waals surface area contributed by atoms with E-state index in [1.807, 2.05) is 36.1 Å². The van der Waals surface area contributed by atoms with Gasteiger partial charge in [-0.3, -0.25) is 9.69 Å². The van der Waals surface area contributed by atoms with E-state index < -0.39 is 6.10 Å². The minimum absolute atomic E-state index is 0.170. The number of ether oxygens (including phenoxy) is 1. The van der Waals surface area contributed by atoms with Gasteiger partial charge in [0.05, 0.1) is 13.2 Å². The first-order valence-electron chi connectivity index (χ1n) is 11.3. The van der Waals surface area contributed by atoms with Crippen LogP contribution in [0.15, 0.2) is 42.5 Å². The van der Waals surface area contributed by atoms with E-state index in [4.69, 9.17) is 4.74 Å². The summed E-state index contributed by atoms with van der Waals surface area (Å²) < 4.78 is 5.24. The van der Waals surface area contributed by atoms with E-state index in [0.717, 1.165) is 62.6 Å². The number of benzene rings is 2. The van der Waals surface area contributed by atoms with Gasteiger partial charge in [-0.1, -0.05) is 19.1 Å². The van der Waals surface area contributed by atoms with Crippen molar-refractivity contribution in [3.8, 4) is 5.75 Å². The van der Waals surface area contributed by atoms with Crippen molar-refractivity contribution in [1.82, 2.24) is 4.90 Å². The molecule has 2 aliphatic rings. The van der Waals surface area contributed by atoms with E-state index >= 15 is 0 Å². The van der Waals surface area contributed by atoms with Crippen molar-refractivity contribution in [3.63, 3.8) is 0 Å². The van der Waals surface area contributed by atoms with Crippen molar-refractivity contribution in [3.05, 3.63) is 53.6 Å². The van der Waals surface area contributed by atoms with Gasteiger partial charge < -0.3 is 19.6 Å². The fourth-order valence-corrected chi connectivity index (χ4v) is 4.61. The van der Waals surface area contributed by atoms with Gasteiger partial charge in [0.2, 0.25) is 5.91 Å². The molecule has 0 aliphatic carbocycles. The number of hydrogen-bond donors (Lipinski definition) is 1. The Kier molecular flexibility index (Phi) is 6.78. The van der Waals surface area contributed by atoms with Crippen LogP contribution in [-0.4, -0.2) is 62.3 Å². The number of methoxy groups -OCH3 is 1. The van der Waals surface area contributed by atoms with E-state index in [1.165, 1.54) is 11.3 Å². The van der Waals surface area contributed by atoms with Gasteiger partial charge in [-0.05, 0) is 54.3 Å². The molecule has 1 saturated heterocycles. The second kappa shape index (κ2) is 9.71. The molecule has 1 fully saturated rings. The molecule has 0 bridgehead atoms. The third kappa shape index (κ3) is 4.86. The number of aliphatic hydroxyl groups is 1. The molecule has 0 aromatic heterocycles. The predicted molar refractivity (Wildman–Crippen MR) is 124 cm³/mol. The van der Waals surface area contributed by atoms with Gasteiger partial charge in [-0.25, -0.2) is 0 Å². The molecule has 0 unspecified atom stereocenters. The quantitative estimate of drug-likeness (QED) is 0.773. The Hall–Kier alpha value is -2.57. The number of hydrogen-bond acceptors (Lipinski definition) is 5. The third-order valence-electron chi connectivity index (χ3n) is 6.45. The molecule has 6 heteroatoms. The molecule has 0 radical (unpaired) electrons. The van der Waals surface area contributed by atoms with E-state index in [1.54, 1.807) is 7.11 Å². The highest BCUT2D eigenvalue weighted by atomic mass is 16.5. The maximum absolute atomic E-state index is 12.2. The number of β-amino-alcohol motifs (C(OH)–C–C–N with tert-alkyl or cyclic N) is 1. The Bertz CT molecular complexity index is 891. The van der Waals surface area contributed by atoms with Crippen molar-refractivity contribution < 1.29 is 14.6 Å². The molecular weight excluding hydrogens is 390 g/mol. The summed E-state index contributed by atoms with van der Waals surface area (Å²) in [7, 11) is 1.68. The van der Waals surface area contributed by atoms with Gasteiger partial charge in [0.25, 0.3) is 0 Å². The SMILES string of the molecule is CCC(=O)N1CCCc2cc([C@H](O)CN3CCN(c4ccc(OC)cc4)CC3)ccc21. The average molecular weight is 424 g/mol. The summed E-state index contributed by atoms with van der Waals surface area (Å²) in [5.74, 6) is 1.04. The van der Waals surface area contributed by atoms with Crippen molar-refractivity contribution >= 4 is 17.3 Å². The highest BCUT2D eigenvalue weighted by Gasteiger charge is 2.24. The molecular formula is C25H33N3O3. The van der Waals surface area contributed by atoms with Crippen LogP contribution in [0, 0.1) is 0 Å². The Morgan fingerprint density at radius 2 is 1.81 bits per heavy atom. The van der Waals surface area contributed by atoms with Gasteiger partial charge in [0.1, 0.15) is 5.75 Å². The van der Waals surface area contributed by atoms with Crippen LogP contribution in [0.3, 0.4) is 0 Å². The van der Waals surface area contributed by atoms with Crippen molar-refractivity contribution in [1.29, 1.82) is 0 Å². The summed E-state index contributed by atoms with van der Waals surface area (Å²) >= 11 is 0. The number of nitrogens with zero attached hydrogens (tertiary/aromatic N) is 3. The number of piperazine rings is 1. The van der Waals surface area contributed by atoms with Crippen molar-refractivity contribution in [2.45, 2.75) is 32.3 Å². The molecule has 1 amide bonds. The van der Waals surface area contributed by atoms with E-state index in [9.17, 15) is 9.90 Å². The van der Waals surface area contributed by atoms with Crippen LogP contribution < -0.4 is 14.5 Å². The number of rotatable bonds is 6. The molecule has 2 aliphatic heterocycles. The number of aryl methyl sites for hydroxylation is 1. The Morgan fingerprint density at radius 1 is 1.06 bits per heavy atom. The zero-order valence-electron chi connectivity index (χ0n) is 18.6. The number of aliphatic hydroxyl groups excluding tert-OH is 1. The molecule has 166 valence electrons. The first kappa shape index (κ1) is 21.7. The van der Waals surface area contributed by atoms with E-state index in [0.29, 0.717) is 13.0 Å². The topological polar surface area (TPSA) is 56.3 Å². The van der Waals surface area contributed by atoms with Crippen LogP contribution in [-0.2, 0) is 11.2 Å². The van der Waals surface area contributed by atoms with Crippen LogP contribution in [0.5, 0.6) is 5.75 Å². The van der Waals surface area contributed by atoms with Crippen molar-refractivity contribution in [2.75, 3.05) is 56.2 Å². The zero-order chi connectivity index (χ0) is 21.8. The van der Waals surface area contributed by atoms with Gasteiger partial charge in [0.15, 0.2) is 0 Å². The van der Waals surface area contributed by atoms with Crippen LogP contribution >= 0.6 is 0 Å². The molecule has 1 atom stereocenters. The van der Waals surface area contributed by atoms with E-state index in [2.05, 4.69) is 28.0 Å². The number of carbonyl (C=O) groups is 1. The molecule has 1 N–H and O–H groups in total. The summed E-state index contributed by atoms with van der Waals surface area (Å²) in [4.78, 5) is 18.8. The Labute approximate surface area is 185 Å². The second-order valence-electron chi connectivity index (χ2n) is 8.39. The standard InChI is InChI=1S/C25H33N3O3/c1-3-25(30)28-12-4-5-19-17-20(6-11-23(19)28)24(29)18-26-13-15-27(16-14-26)21-7-9-22(31-2)10-8-21/h6-11,17,24,29H,3-5,12-16,18H2,1-2H3/t24-/m1/s1. The highest BCUT2D eigenvalue weighted by Crippen LogP contribution is 2.31. The van der Waals surface area contributed by atoms with E-state index in [-0.39, 0.29) is 5.91 Å². The maximum atomic E-state index is 12.2. The third-order valence-corrected chi connectivity index (χ3v) is 6.45. The molecule has 0 spiro atoms. The van der Waals surface area contributed by atoms with Crippen LogP contribution in [0.2, 0.25) is 0 Å². The Balaban J connectivity index is 1.35. The largest absolute Gasteiger partial charge is 0.497 e. The van der Waals surface area contributed by atoms with Crippen LogP contribution in [0.1, 0.15) is 37.0 Å². The highest BCUT2D eigenvalue weighted by molar-refractivity contribution is 5.94. The molecule has 4 rings (SSSR count). The average Bonchev–Trinajstić information content (AvgIpc) is 2.83. The summed E-state index contributed by atoms with van der Waals surface area (Å²) in [5.41, 5.74) is 4.35. The lowest BCUT2D eigenvalue weighted by Crippen LogP contribution is -2.47. The van der Waals surface area contributed by atoms with Gasteiger partial charge in [0, 0.05) is 57.1 Å². The van der Waals surface area contributed by atoms with Crippen LogP contribution in [0.25, 0.3) is 0 Å². The predicted octanol–water partition coefficient (Wildman–Crippen LogP) is 3.24. The summed E-state index contributed by atoms with van der Waals surface area (Å²) in [6.45, 7) is 7.06. The molecule has 2 heterocycles. The lowest BCUT2D eigenvalue weighted by molar-refractivity contribution is -0.118. The lowest BCUT2D eigenvalue weighted by Gasteiger charge is -2.37. The number of carbonyl (C=O) groups excluding carboxylic acids is 1. The number of fused-ring (bicyclic) bond motifs is 1. The van der Waals surface area contributed by atoms with Gasteiger partial charge >= 0.3 is 0 Å². The number of amides is 1. The second-order valence-corrected chi connectivity index (χ2v) is 8.39. The minimum atomic E-state index is -0.518. The lowest BCUT2D eigenvalue weighted by atomic mass is 9.96. The fraction of sp³-hybridized carbons (Fsp3) is 0.480. The zero-order valence-corrected chi connectivity index (χ0v) is 18.6. The number of anilines is 2. The molecule has 6 nitrogen and oxygen atoms in total. The fourth-order valence-electron chi connectivity index (χ4n) is 4.61. The van der Waals surface area contributed by atoms with Gasteiger partial charge in [-0.2, -0.15) is 0 Å². The molecule has 31 heavy (non-hydrogen) atoms.